The monoisotopic (exact) mass is 1160 g/mol. The highest BCUT2D eigenvalue weighted by Crippen LogP contribution is 2.47. The summed E-state index contributed by atoms with van der Waals surface area (Å²) >= 11 is 6.50. The normalized spacial score (nSPS) is 15.4. The Morgan fingerprint density at radius 1 is 0.507 bits per heavy atom. The minimum atomic E-state index is -4.74. The summed E-state index contributed by atoms with van der Waals surface area (Å²) in [6.45, 7) is -0.470. The third-order valence-corrected chi connectivity index (χ3v) is 11.6. The second-order valence-corrected chi connectivity index (χ2v) is 17.6. The van der Waals surface area contributed by atoms with Crippen LogP contribution in [-0.4, -0.2) is 38.0 Å². The van der Waals surface area contributed by atoms with Crippen molar-refractivity contribution in [3.05, 3.63) is 146 Å². The molecule has 0 bridgehead atoms. The number of hydrogen-bond donors (Lipinski definition) is 3. The summed E-state index contributed by atoms with van der Waals surface area (Å²) in [5.41, 5.74) is 14.3. The molecule has 382 valence electrons. The van der Waals surface area contributed by atoms with Crippen LogP contribution in [0.1, 0.15) is 28.3 Å². The summed E-state index contributed by atoms with van der Waals surface area (Å²) in [5.74, 6) is -3.28. The van der Waals surface area contributed by atoms with Crippen molar-refractivity contribution in [1.29, 1.82) is 0 Å². The van der Waals surface area contributed by atoms with Crippen LogP contribution in [0.25, 0.3) is 22.1 Å². The minimum Gasteiger partial charge on any atom is -0.399 e. The van der Waals surface area contributed by atoms with Gasteiger partial charge < -0.3 is 54.3 Å². The molecular formula is C46H29Br2F12N7O6. The number of imidazole rings is 2. The van der Waals surface area contributed by atoms with E-state index in [2.05, 4.69) is 75.6 Å². The standard InChI is InChI=1S/C16H8BrF5N2O2.C16H10F5N3O2.C14H11BrF2N2O2/c17-9-4-5-11-10(6-9)23-14(15(18,19)20)24(11)7-8-2-1-3-12-13(8)26-16(21,22)25-12;17-15(18,19)14-23-10-6-9(22)4-5-11(10)24(14)7-8-2-1-3-12-13(8)26-16(20,21)25-12;15-9-4-5-11(10(18)6-9)19-7-8-2-1-3-12-13(8)21-14(16,17)20-12/h1-6H,7H2;1-6H,7,22H2;1-6,19H,7,18H2. The highest BCUT2D eigenvalue weighted by molar-refractivity contribution is 9.10. The van der Waals surface area contributed by atoms with Gasteiger partial charge in [-0.3, -0.25) is 0 Å². The number of nitrogens with one attached hydrogen (secondary N) is 1. The number of nitrogen functional groups attached to an aromatic ring is 2. The van der Waals surface area contributed by atoms with Crippen LogP contribution >= 0.6 is 31.9 Å². The zero-order valence-corrected chi connectivity index (χ0v) is 39.4. The predicted octanol–water partition coefficient (Wildman–Crippen LogP) is 13.2. The Morgan fingerprint density at radius 2 is 0.918 bits per heavy atom. The highest BCUT2D eigenvalue weighted by Gasteiger charge is 2.47. The fourth-order valence-corrected chi connectivity index (χ4v) is 8.42. The molecule has 8 aromatic rings. The molecule has 0 fully saturated rings. The van der Waals surface area contributed by atoms with E-state index in [4.69, 9.17) is 11.5 Å². The number of hydrogen-bond acceptors (Lipinski definition) is 11. The quantitative estimate of drug-likeness (QED) is 0.103. The maximum atomic E-state index is 13.4. The summed E-state index contributed by atoms with van der Waals surface area (Å²) in [5, 5.41) is 3.09. The minimum absolute atomic E-state index is 0.0306. The third-order valence-electron chi connectivity index (χ3n) is 10.7. The van der Waals surface area contributed by atoms with Gasteiger partial charge in [0, 0.05) is 37.9 Å². The molecule has 0 saturated heterocycles. The molecule has 11 rings (SSSR count). The number of anilines is 3. The number of benzene rings is 6. The first kappa shape index (κ1) is 50.5. The van der Waals surface area contributed by atoms with Crippen molar-refractivity contribution in [2.45, 2.75) is 50.9 Å². The smallest absolute Gasteiger partial charge is 0.399 e. The van der Waals surface area contributed by atoms with E-state index in [0.717, 1.165) is 13.6 Å². The van der Waals surface area contributed by atoms with Crippen LogP contribution in [0.4, 0.5) is 69.7 Å². The molecule has 3 aliphatic heterocycles. The van der Waals surface area contributed by atoms with E-state index in [1.807, 2.05) is 6.07 Å². The van der Waals surface area contributed by atoms with Crippen LogP contribution in [0, 0.1) is 0 Å². The van der Waals surface area contributed by atoms with E-state index in [1.165, 1.54) is 72.8 Å². The molecule has 5 heterocycles. The Labute approximate surface area is 418 Å². The van der Waals surface area contributed by atoms with Crippen molar-refractivity contribution in [3.63, 3.8) is 0 Å². The maximum absolute atomic E-state index is 13.4. The number of fused-ring (bicyclic) bond motifs is 5. The van der Waals surface area contributed by atoms with Gasteiger partial charge in [-0.05, 0) is 72.8 Å². The van der Waals surface area contributed by atoms with Gasteiger partial charge in [-0.15, -0.1) is 26.3 Å². The van der Waals surface area contributed by atoms with Crippen molar-refractivity contribution in [2.75, 3.05) is 16.8 Å². The second-order valence-electron chi connectivity index (χ2n) is 15.7. The molecule has 5 N–H and O–H groups in total. The molecule has 27 heteroatoms. The van der Waals surface area contributed by atoms with Gasteiger partial charge in [0.2, 0.25) is 11.6 Å². The van der Waals surface area contributed by atoms with Crippen LogP contribution in [0.15, 0.2) is 118 Å². The number of rotatable bonds is 7. The van der Waals surface area contributed by atoms with E-state index in [-0.39, 0.29) is 86.5 Å². The lowest BCUT2D eigenvalue weighted by Gasteiger charge is -2.13. The average molecular weight is 1160 g/mol. The molecule has 0 spiro atoms. The third kappa shape index (κ3) is 10.9. The number of halogens is 14. The Bertz CT molecular complexity index is 3260. The Hall–Kier alpha value is -7.42. The van der Waals surface area contributed by atoms with Crippen molar-refractivity contribution >= 4 is 71.0 Å². The van der Waals surface area contributed by atoms with Gasteiger partial charge in [0.15, 0.2) is 34.5 Å². The van der Waals surface area contributed by atoms with E-state index in [1.54, 1.807) is 30.3 Å². The van der Waals surface area contributed by atoms with Gasteiger partial charge in [-0.25, -0.2) is 9.97 Å². The molecule has 0 unspecified atom stereocenters. The summed E-state index contributed by atoms with van der Waals surface area (Å²) in [6.07, 6.45) is -20.8. The van der Waals surface area contributed by atoms with Crippen LogP contribution in [0.5, 0.6) is 34.5 Å². The largest absolute Gasteiger partial charge is 0.586 e. The van der Waals surface area contributed by atoms with Crippen molar-refractivity contribution < 1.29 is 81.1 Å². The van der Waals surface area contributed by atoms with Crippen molar-refractivity contribution in [2.24, 2.45) is 0 Å². The fourth-order valence-electron chi connectivity index (χ4n) is 7.69. The summed E-state index contributed by atoms with van der Waals surface area (Å²) in [4.78, 5) is 7.25. The molecular weight excluding hydrogens is 1130 g/mol. The van der Waals surface area contributed by atoms with Gasteiger partial charge in [0.1, 0.15) is 0 Å². The predicted molar refractivity (Wildman–Crippen MR) is 244 cm³/mol. The average Bonchev–Trinajstić information content (AvgIpc) is 4.08. The van der Waals surface area contributed by atoms with Crippen LogP contribution in [0.3, 0.4) is 0 Å². The van der Waals surface area contributed by atoms with Gasteiger partial charge in [-0.2, -0.15) is 26.3 Å². The summed E-state index contributed by atoms with van der Waals surface area (Å²) in [7, 11) is 0. The second kappa shape index (κ2) is 18.6. The maximum Gasteiger partial charge on any atom is 0.586 e. The van der Waals surface area contributed by atoms with Crippen molar-refractivity contribution in [1.82, 2.24) is 19.1 Å². The van der Waals surface area contributed by atoms with E-state index in [0.29, 0.717) is 21.4 Å². The molecule has 0 saturated carbocycles. The zero-order chi connectivity index (χ0) is 52.4. The Kier molecular flexibility index (Phi) is 12.8. The topological polar surface area (TPSA) is 155 Å². The lowest BCUT2D eigenvalue weighted by molar-refractivity contribution is -0.287. The van der Waals surface area contributed by atoms with E-state index in [9.17, 15) is 52.7 Å². The fraction of sp³-hybridized carbons (Fsp3) is 0.174. The van der Waals surface area contributed by atoms with Gasteiger partial charge in [-0.1, -0.05) is 68.3 Å². The first-order chi connectivity index (χ1) is 34.2. The summed E-state index contributed by atoms with van der Waals surface area (Å²) in [6, 6.07) is 26.9. The van der Waals surface area contributed by atoms with Gasteiger partial charge in [0.25, 0.3) is 0 Å². The number of para-hydroxylation sites is 3. The summed E-state index contributed by atoms with van der Waals surface area (Å²) < 4.78 is 190. The van der Waals surface area contributed by atoms with Crippen LogP contribution < -0.4 is 45.2 Å². The van der Waals surface area contributed by atoms with Crippen LogP contribution in [-0.2, 0) is 32.0 Å². The van der Waals surface area contributed by atoms with E-state index < -0.39 is 49.4 Å². The van der Waals surface area contributed by atoms with Crippen molar-refractivity contribution in [3.8, 4) is 34.5 Å². The molecule has 2 aromatic heterocycles. The lowest BCUT2D eigenvalue weighted by Crippen LogP contribution is -2.26. The Balaban J connectivity index is 0.000000136. The lowest BCUT2D eigenvalue weighted by atomic mass is 10.1. The Morgan fingerprint density at radius 3 is 1.38 bits per heavy atom. The molecule has 0 amide bonds. The number of aromatic nitrogens is 4. The highest BCUT2D eigenvalue weighted by atomic mass is 79.9. The SMILES string of the molecule is FC1(F)Oc2cccc(Cn3c(C(F)(F)F)nc4cc(Br)ccc43)c2O1.Nc1cc(Br)ccc1NCc1cccc2c1OC(F)(F)O2.Nc1ccc2c(c1)nc(C(F)(F)F)n2Cc1cccc2c1OC(F)(F)O2. The molecule has 3 aliphatic rings. The number of nitrogens with two attached hydrogens (primary N) is 2. The van der Waals surface area contributed by atoms with Crippen LogP contribution in [0.2, 0.25) is 0 Å². The number of ether oxygens (including phenoxy) is 6. The molecule has 0 aliphatic carbocycles. The molecule has 0 atom stereocenters. The molecule has 73 heavy (non-hydrogen) atoms. The van der Waals surface area contributed by atoms with Gasteiger partial charge in [0.05, 0.1) is 46.5 Å². The number of alkyl halides is 12. The first-order valence-electron chi connectivity index (χ1n) is 20.7. The molecule has 13 nitrogen and oxygen atoms in total. The number of nitrogens with zero attached hydrogens (tertiary/aromatic N) is 4. The van der Waals surface area contributed by atoms with Gasteiger partial charge >= 0.3 is 31.2 Å². The van der Waals surface area contributed by atoms with E-state index >= 15 is 0 Å². The first-order valence-corrected chi connectivity index (χ1v) is 22.3. The molecule has 0 radical (unpaired) electrons. The zero-order valence-electron chi connectivity index (χ0n) is 36.2. The molecule has 6 aromatic carbocycles.